The van der Waals surface area contributed by atoms with Gasteiger partial charge in [-0.1, -0.05) is 24.3 Å². The highest BCUT2D eigenvalue weighted by Gasteiger charge is 2.40. The molecule has 2 aliphatic rings. The first-order chi connectivity index (χ1) is 15.6. The summed E-state index contributed by atoms with van der Waals surface area (Å²) < 4.78 is 30.8. The molecule has 1 amide bonds. The van der Waals surface area contributed by atoms with Crippen LogP contribution in [0, 0.1) is 17.2 Å². The third-order valence-electron chi connectivity index (χ3n) is 6.74. The van der Waals surface area contributed by atoms with E-state index >= 15 is 0 Å². The van der Waals surface area contributed by atoms with E-state index in [0.717, 1.165) is 30.6 Å². The molecule has 2 fully saturated rings. The summed E-state index contributed by atoms with van der Waals surface area (Å²) in [5.41, 5.74) is 2.05. The van der Waals surface area contributed by atoms with Crippen LogP contribution in [0.4, 0.5) is 4.39 Å². The number of ether oxygens (including phenoxy) is 3. The van der Waals surface area contributed by atoms with Crippen LogP contribution in [0.3, 0.4) is 0 Å². The summed E-state index contributed by atoms with van der Waals surface area (Å²) in [6.07, 6.45) is 4.02. The van der Waals surface area contributed by atoms with Gasteiger partial charge in [-0.3, -0.25) is 4.79 Å². The quantitative estimate of drug-likeness (QED) is 0.693. The fourth-order valence-corrected chi connectivity index (χ4v) is 4.83. The molecule has 0 bridgehead atoms. The van der Waals surface area contributed by atoms with E-state index in [0.29, 0.717) is 62.9 Å². The van der Waals surface area contributed by atoms with Gasteiger partial charge in [0.05, 0.1) is 19.1 Å². The van der Waals surface area contributed by atoms with Crippen LogP contribution < -0.4 is 10.1 Å². The lowest BCUT2D eigenvalue weighted by Crippen LogP contribution is -2.47. The van der Waals surface area contributed by atoms with Crippen molar-refractivity contribution in [1.82, 2.24) is 5.32 Å². The molecule has 6 heteroatoms. The van der Waals surface area contributed by atoms with Gasteiger partial charge in [-0.2, -0.15) is 0 Å². The Morgan fingerprint density at radius 1 is 1.12 bits per heavy atom. The molecule has 2 aliphatic heterocycles. The maximum Gasteiger partial charge on any atom is 0.226 e. The van der Waals surface area contributed by atoms with Crippen LogP contribution in [0.5, 0.6) is 5.75 Å². The molecule has 4 rings (SSSR count). The molecule has 32 heavy (non-hydrogen) atoms. The summed E-state index contributed by atoms with van der Waals surface area (Å²) in [7, 11) is 1.59. The molecule has 0 spiro atoms. The minimum absolute atomic E-state index is 0.0763. The van der Waals surface area contributed by atoms with Gasteiger partial charge in [0.25, 0.3) is 0 Å². The summed E-state index contributed by atoms with van der Waals surface area (Å²) in [6.45, 7) is 3.28. The van der Waals surface area contributed by atoms with Crippen molar-refractivity contribution in [3.8, 4) is 16.9 Å². The van der Waals surface area contributed by atoms with E-state index in [4.69, 9.17) is 14.2 Å². The average molecular weight is 442 g/mol. The van der Waals surface area contributed by atoms with Gasteiger partial charge >= 0.3 is 0 Å². The predicted octanol–water partition coefficient (Wildman–Crippen LogP) is 4.38. The molecule has 1 N–H and O–H groups in total. The van der Waals surface area contributed by atoms with E-state index < -0.39 is 5.41 Å². The van der Waals surface area contributed by atoms with Crippen LogP contribution >= 0.6 is 0 Å². The zero-order valence-electron chi connectivity index (χ0n) is 18.7. The molecular formula is C26H32FNO4. The van der Waals surface area contributed by atoms with Crippen molar-refractivity contribution in [3.63, 3.8) is 0 Å². The first kappa shape index (κ1) is 22.7. The van der Waals surface area contributed by atoms with E-state index in [1.165, 1.54) is 12.1 Å². The van der Waals surface area contributed by atoms with Crippen LogP contribution in [0.1, 0.15) is 31.2 Å². The van der Waals surface area contributed by atoms with E-state index in [9.17, 15) is 9.18 Å². The molecule has 172 valence electrons. The molecule has 2 heterocycles. The zero-order chi connectivity index (χ0) is 22.4. The molecule has 2 aromatic carbocycles. The first-order valence-corrected chi connectivity index (χ1v) is 11.5. The van der Waals surface area contributed by atoms with Gasteiger partial charge in [0.15, 0.2) is 0 Å². The number of hydrogen-bond acceptors (Lipinski definition) is 4. The Morgan fingerprint density at radius 2 is 1.94 bits per heavy atom. The van der Waals surface area contributed by atoms with Gasteiger partial charge in [-0.15, -0.1) is 0 Å². The van der Waals surface area contributed by atoms with Gasteiger partial charge in [0.1, 0.15) is 11.6 Å². The Labute approximate surface area is 189 Å². The number of carbonyl (C=O) groups excluding carboxylic acids is 1. The van der Waals surface area contributed by atoms with E-state index in [1.807, 2.05) is 24.3 Å². The molecule has 0 unspecified atom stereocenters. The normalized spacial score (nSPS) is 20.5. The van der Waals surface area contributed by atoms with E-state index in [-0.39, 0.29) is 11.7 Å². The summed E-state index contributed by atoms with van der Waals surface area (Å²) >= 11 is 0. The number of amides is 1. The number of halogens is 1. The molecule has 0 radical (unpaired) electrons. The predicted molar refractivity (Wildman–Crippen MR) is 121 cm³/mol. The van der Waals surface area contributed by atoms with Gasteiger partial charge in [0.2, 0.25) is 5.91 Å². The van der Waals surface area contributed by atoms with Gasteiger partial charge in [0, 0.05) is 31.9 Å². The summed E-state index contributed by atoms with van der Waals surface area (Å²) in [6, 6.07) is 12.4. The molecule has 0 saturated carbocycles. The number of rotatable bonds is 7. The van der Waals surface area contributed by atoms with Crippen LogP contribution in [-0.2, 0) is 20.7 Å². The second-order valence-electron chi connectivity index (χ2n) is 8.86. The lowest BCUT2D eigenvalue weighted by Gasteiger charge is -2.37. The molecule has 0 aliphatic carbocycles. The lowest BCUT2D eigenvalue weighted by molar-refractivity contribution is -0.137. The van der Waals surface area contributed by atoms with Crippen LogP contribution in [-0.4, -0.2) is 46.0 Å². The smallest absolute Gasteiger partial charge is 0.226 e. The van der Waals surface area contributed by atoms with E-state index in [1.54, 1.807) is 13.2 Å². The lowest BCUT2D eigenvalue weighted by atomic mass is 9.73. The first-order valence-electron chi connectivity index (χ1n) is 11.5. The fourth-order valence-electron chi connectivity index (χ4n) is 4.83. The van der Waals surface area contributed by atoms with Gasteiger partial charge in [-0.25, -0.2) is 4.39 Å². The van der Waals surface area contributed by atoms with Crippen molar-refractivity contribution in [2.24, 2.45) is 11.3 Å². The zero-order valence-corrected chi connectivity index (χ0v) is 18.7. The van der Waals surface area contributed by atoms with Crippen molar-refractivity contribution in [1.29, 1.82) is 0 Å². The second kappa shape index (κ2) is 10.5. The highest BCUT2D eigenvalue weighted by atomic mass is 19.1. The summed E-state index contributed by atoms with van der Waals surface area (Å²) in [4.78, 5) is 13.5. The number of methoxy groups -OCH3 is 1. The van der Waals surface area contributed by atoms with Crippen molar-refractivity contribution in [2.75, 3.05) is 40.1 Å². The Bertz CT molecular complexity index is 920. The summed E-state index contributed by atoms with van der Waals surface area (Å²) in [5.74, 6) is 0.742. The number of benzene rings is 2. The van der Waals surface area contributed by atoms with Crippen LogP contribution in [0.15, 0.2) is 42.5 Å². The Hall–Kier alpha value is -2.44. The van der Waals surface area contributed by atoms with E-state index in [2.05, 4.69) is 5.32 Å². The molecule has 5 nitrogen and oxygen atoms in total. The maximum atomic E-state index is 14.1. The number of carbonyl (C=O) groups is 1. The minimum Gasteiger partial charge on any atom is -0.496 e. The third kappa shape index (κ3) is 5.13. The largest absolute Gasteiger partial charge is 0.496 e. The standard InChI is InChI=1S/C26H32FNO4/c1-30-24-9-8-21(27)15-23(24)22-7-3-2-6-20(22)16-26(10-13-31-14-11-26)25(29)28-17-19-5-4-12-32-18-19/h2-3,6-9,15,19H,4-5,10-14,16-18H2,1H3,(H,28,29)/t19-/m1/s1. The Kier molecular flexibility index (Phi) is 7.43. The Balaban J connectivity index is 1.60. The SMILES string of the molecule is COc1ccc(F)cc1-c1ccccc1CC1(C(=O)NC[C@H]2CCCOC2)CCOCC1. The van der Waals surface area contributed by atoms with Gasteiger partial charge in [-0.05, 0) is 67.3 Å². The minimum atomic E-state index is -0.551. The third-order valence-corrected chi connectivity index (χ3v) is 6.74. The fraction of sp³-hybridized carbons (Fsp3) is 0.500. The average Bonchev–Trinajstić information content (AvgIpc) is 2.84. The maximum absolute atomic E-state index is 14.1. The van der Waals surface area contributed by atoms with Crippen molar-refractivity contribution in [3.05, 3.63) is 53.8 Å². The highest BCUT2D eigenvalue weighted by molar-refractivity contribution is 5.84. The highest BCUT2D eigenvalue weighted by Crippen LogP contribution is 2.40. The number of hydrogen-bond donors (Lipinski definition) is 1. The van der Waals surface area contributed by atoms with Crippen LogP contribution in [0.2, 0.25) is 0 Å². The second-order valence-corrected chi connectivity index (χ2v) is 8.86. The van der Waals surface area contributed by atoms with Crippen molar-refractivity contribution in [2.45, 2.75) is 32.1 Å². The van der Waals surface area contributed by atoms with Crippen LogP contribution in [0.25, 0.3) is 11.1 Å². The van der Waals surface area contributed by atoms with Crippen molar-refractivity contribution < 1.29 is 23.4 Å². The van der Waals surface area contributed by atoms with Crippen molar-refractivity contribution >= 4 is 5.91 Å². The monoisotopic (exact) mass is 441 g/mol. The number of nitrogens with one attached hydrogen (secondary N) is 1. The molecule has 1 atom stereocenters. The Morgan fingerprint density at radius 3 is 2.69 bits per heavy atom. The summed E-state index contributed by atoms with van der Waals surface area (Å²) in [5, 5.41) is 3.21. The van der Waals surface area contributed by atoms with Gasteiger partial charge < -0.3 is 19.5 Å². The molecule has 0 aromatic heterocycles. The molecular weight excluding hydrogens is 409 g/mol. The topological polar surface area (TPSA) is 56.8 Å². The molecule has 2 aromatic rings. The molecule has 2 saturated heterocycles.